The first-order chi connectivity index (χ1) is 10.3. The van der Waals surface area contributed by atoms with Crippen LogP contribution in [0.5, 0.6) is 5.75 Å². The average molecular weight is 291 g/mol. The van der Waals surface area contributed by atoms with Crippen LogP contribution in [0, 0.1) is 0 Å². The van der Waals surface area contributed by atoms with Crippen LogP contribution < -0.4 is 10.1 Å². The number of nitrogens with one attached hydrogen (secondary N) is 1. The van der Waals surface area contributed by atoms with Gasteiger partial charge in [-0.15, -0.1) is 0 Å². The second-order valence-electron chi connectivity index (χ2n) is 5.85. The standard InChI is InChI=1S/C18H29NO2/c1-3-12-19-18(11-10-16-8-4-5-13-21-16)15-7-6-9-17(14-15)20-2/h6-7,9,14,16,18-19H,3-5,8,10-13H2,1-2H3. The topological polar surface area (TPSA) is 30.5 Å². The van der Waals surface area contributed by atoms with Gasteiger partial charge in [0.2, 0.25) is 0 Å². The molecule has 1 aliphatic rings. The second-order valence-corrected chi connectivity index (χ2v) is 5.85. The Bertz CT molecular complexity index is 402. The van der Waals surface area contributed by atoms with Crippen molar-refractivity contribution in [2.75, 3.05) is 20.3 Å². The summed E-state index contributed by atoms with van der Waals surface area (Å²) in [5, 5.41) is 3.67. The molecule has 1 fully saturated rings. The van der Waals surface area contributed by atoms with E-state index in [4.69, 9.17) is 9.47 Å². The molecule has 1 N–H and O–H groups in total. The van der Waals surface area contributed by atoms with E-state index in [0.717, 1.165) is 38.2 Å². The molecule has 1 heterocycles. The summed E-state index contributed by atoms with van der Waals surface area (Å²) in [5.74, 6) is 0.935. The molecule has 1 aromatic carbocycles. The van der Waals surface area contributed by atoms with Gasteiger partial charge >= 0.3 is 0 Å². The summed E-state index contributed by atoms with van der Waals surface area (Å²) in [6, 6.07) is 8.81. The Morgan fingerprint density at radius 2 is 2.29 bits per heavy atom. The third-order valence-electron chi connectivity index (χ3n) is 4.19. The van der Waals surface area contributed by atoms with E-state index >= 15 is 0 Å². The predicted octanol–water partition coefficient (Wildman–Crippen LogP) is 4.09. The van der Waals surface area contributed by atoms with Crippen molar-refractivity contribution >= 4 is 0 Å². The summed E-state index contributed by atoms with van der Waals surface area (Å²) in [5.41, 5.74) is 1.32. The van der Waals surface area contributed by atoms with E-state index in [0.29, 0.717) is 12.1 Å². The van der Waals surface area contributed by atoms with Crippen molar-refractivity contribution in [3.63, 3.8) is 0 Å². The lowest BCUT2D eigenvalue weighted by molar-refractivity contribution is 0.00854. The SMILES string of the molecule is CCCNC(CCC1CCCCO1)c1cccc(OC)c1. The van der Waals surface area contributed by atoms with Crippen LogP contribution in [0.25, 0.3) is 0 Å². The largest absolute Gasteiger partial charge is 0.497 e. The summed E-state index contributed by atoms with van der Waals surface area (Å²) in [6.07, 6.45) is 7.63. The highest BCUT2D eigenvalue weighted by atomic mass is 16.5. The van der Waals surface area contributed by atoms with E-state index in [1.54, 1.807) is 7.11 Å². The van der Waals surface area contributed by atoms with E-state index in [-0.39, 0.29) is 0 Å². The molecule has 3 heteroatoms. The van der Waals surface area contributed by atoms with Gasteiger partial charge in [0.1, 0.15) is 5.75 Å². The molecule has 0 aromatic heterocycles. The number of ether oxygens (including phenoxy) is 2. The van der Waals surface area contributed by atoms with E-state index in [2.05, 4.69) is 30.4 Å². The number of hydrogen-bond donors (Lipinski definition) is 1. The average Bonchev–Trinajstić information content (AvgIpc) is 2.56. The zero-order valence-corrected chi connectivity index (χ0v) is 13.4. The van der Waals surface area contributed by atoms with Crippen LogP contribution >= 0.6 is 0 Å². The minimum atomic E-state index is 0.394. The third kappa shape index (κ3) is 5.33. The van der Waals surface area contributed by atoms with Crippen molar-refractivity contribution in [2.24, 2.45) is 0 Å². The maximum atomic E-state index is 5.86. The Kier molecular flexibility index (Phi) is 7.04. The third-order valence-corrected chi connectivity index (χ3v) is 4.19. The molecule has 1 aliphatic heterocycles. The quantitative estimate of drug-likeness (QED) is 0.782. The fourth-order valence-electron chi connectivity index (χ4n) is 2.95. The highest BCUT2D eigenvalue weighted by molar-refractivity contribution is 5.30. The number of hydrogen-bond acceptors (Lipinski definition) is 3. The first-order valence-electron chi connectivity index (χ1n) is 8.32. The molecular formula is C18H29NO2. The lowest BCUT2D eigenvalue weighted by Crippen LogP contribution is -2.25. The van der Waals surface area contributed by atoms with E-state index in [9.17, 15) is 0 Å². The Labute approximate surface area is 129 Å². The molecule has 2 rings (SSSR count). The molecule has 1 aromatic rings. The van der Waals surface area contributed by atoms with Gasteiger partial charge in [0.15, 0.2) is 0 Å². The van der Waals surface area contributed by atoms with Crippen LogP contribution in [-0.2, 0) is 4.74 Å². The van der Waals surface area contributed by atoms with Crippen LogP contribution in [0.1, 0.15) is 57.1 Å². The van der Waals surface area contributed by atoms with Crippen LogP contribution in [0.2, 0.25) is 0 Å². The van der Waals surface area contributed by atoms with Gasteiger partial charge in [0.05, 0.1) is 13.2 Å². The molecule has 2 unspecified atom stereocenters. The normalized spacial score (nSPS) is 20.2. The molecule has 118 valence electrons. The minimum Gasteiger partial charge on any atom is -0.497 e. The van der Waals surface area contributed by atoms with Crippen LogP contribution in [-0.4, -0.2) is 26.4 Å². The van der Waals surface area contributed by atoms with Crippen molar-refractivity contribution in [3.05, 3.63) is 29.8 Å². The molecule has 2 atom stereocenters. The molecule has 21 heavy (non-hydrogen) atoms. The van der Waals surface area contributed by atoms with Crippen molar-refractivity contribution in [1.82, 2.24) is 5.32 Å². The highest BCUT2D eigenvalue weighted by Gasteiger charge is 2.17. The summed E-state index contributed by atoms with van der Waals surface area (Å²) in [6.45, 7) is 4.20. The maximum absolute atomic E-state index is 5.86. The number of methoxy groups -OCH3 is 1. The minimum absolute atomic E-state index is 0.394. The van der Waals surface area contributed by atoms with E-state index in [1.807, 2.05) is 6.07 Å². The molecule has 0 bridgehead atoms. The van der Waals surface area contributed by atoms with Crippen molar-refractivity contribution in [3.8, 4) is 5.75 Å². The second kappa shape index (κ2) is 9.06. The first-order valence-corrected chi connectivity index (χ1v) is 8.32. The molecule has 0 saturated carbocycles. The van der Waals surface area contributed by atoms with Gasteiger partial charge in [0.25, 0.3) is 0 Å². The van der Waals surface area contributed by atoms with Gasteiger partial charge < -0.3 is 14.8 Å². The van der Waals surface area contributed by atoms with Crippen molar-refractivity contribution < 1.29 is 9.47 Å². The fourth-order valence-corrected chi connectivity index (χ4v) is 2.95. The molecule has 0 aliphatic carbocycles. The van der Waals surface area contributed by atoms with Gasteiger partial charge in [-0.25, -0.2) is 0 Å². The zero-order valence-electron chi connectivity index (χ0n) is 13.4. The van der Waals surface area contributed by atoms with E-state index < -0.39 is 0 Å². The van der Waals surface area contributed by atoms with Gasteiger partial charge in [-0.05, 0) is 62.8 Å². The smallest absolute Gasteiger partial charge is 0.119 e. The Balaban J connectivity index is 1.95. The Hall–Kier alpha value is -1.06. The molecule has 0 radical (unpaired) electrons. The summed E-state index contributed by atoms with van der Waals surface area (Å²) >= 11 is 0. The maximum Gasteiger partial charge on any atom is 0.119 e. The Morgan fingerprint density at radius 3 is 3.00 bits per heavy atom. The summed E-state index contributed by atoms with van der Waals surface area (Å²) in [4.78, 5) is 0. The molecule has 3 nitrogen and oxygen atoms in total. The molecular weight excluding hydrogens is 262 g/mol. The first kappa shape index (κ1) is 16.3. The number of benzene rings is 1. The van der Waals surface area contributed by atoms with Gasteiger partial charge in [-0.1, -0.05) is 19.1 Å². The zero-order chi connectivity index (χ0) is 14.9. The summed E-state index contributed by atoms with van der Waals surface area (Å²) < 4.78 is 11.2. The molecule has 1 saturated heterocycles. The highest BCUT2D eigenvalue weighted by Crippen LogP contribution is 2.26. The van der Waals surface area contributed by atoms with Crippen molar-refractivity contribution in [2.45, 2.75) is 57.6 Å². The van der Waals surface area contributed by atoms with Gasteiger partial charge in [0, 0.05) is 12.6 Å². The monoisotopic (exact) mass is 291 g/mol. The Morgan fingerprint density at radius 1 is 1.38 bits per heavy atom. The fraction of sp³-hybridized carbons (Fsp3) is 0.667. The van der Waals surface area contributed by atoms with Crippen molar-refractivity contribution in [1.29, 1.82) is 0 Å². The van der Waals surface area contributed by atoms with Gasteiger partial charge in [-0.3, -0.25) is 0 Å². The predicted molar refractivity (Wildman–Crippen MR) is 86.9 cm³/mol. The van der Waals surface area contributed by atoms with Crippen LogP contribution in [0.15, 0.2) is 24.3 Å². The van der Waals surface area contributed by atoms with Crippen LogP contribution in [0.3, 0.4) is 0 Å². The number of rotatable bonds is 8. The van der Waals surface area contributed by atoms with Gasteiger partial charge in [-0.2, -0.15) is 0 Å². The van der Waals surface area contributed by atoms with E-state index in [1.165, 1.54) is 24.8 Å². The molecule has 0 spiro atoms. The molecule has 0 amide bonds. The lowest BCUT2D eigenvalue weighted by atomic mass is 9.97. The summed E-state index contributed by atoms with van der Waals surface area (Å²) in [7, 11) is 1.73. The van der Waals surface area contributed by atoms with Crippen LogP contribution in [0.4, 0.5) is 0 Å². The lowest BCUT2D eigenvalue weighted by Gasteiger charge is -2.26.